The van der Waals surface area contributed by atoms with Gasteiger partial charge in [0.1, 0.15) is 11.6 Å². The summed E-state index contributed by atoms with van der Waals surface area (Å²) in [6.45, 7) is 0. The summed E-state index contributed by atoms with van der Waals surface area (Å²) >= 11 is 0. The molecule has 2 N–H and O–H groups in total. The zero-order chi connectivity index (χ0) is 13.1. The van der Waals surface area contributed by atoms with Gasteiger partial charge in [0.25, 0.3) is 0 Å². The number of nitrogens with two attached hydrogens (primary N) is 1. The van der Waals surface area contributed by atoms with Crippen molar-refractivity contribution < 1.29 is 13.9 Å². The number of nitrogen functional groups attached to an aromatic ring is 1. The zero-order valence-electron chi connectivity index (χ0n) is 10.1. The molecule has 18 heavy (non-hydrogen) atoms. The van der Waals surface area contributed by atoms with Crippen LogP contribution in [0.5, 0.6) is 11.5 Å². The molecule has 2 rings (SSSR count). The van der Waals surface area contributed by atoms with Crippen molar-refractivity contribution in [1.82, 2.24) is 4.98 Å². The van der Waals surface area contributed by atoms with E-state index in [0.717, 1.165) is 0 Å². The van der Waals surface area contributed by atoms with Gasteiger partial charge < -0.3 is 15.2 Å². The van der Waals surface area contributed by atoms with Crippen molar-refractivity contribution in [3.05, 3.63) is 36.1 Å². The third-order valence-corrected chi connectivity index (χ3v) is 2.54. The first-order valence-corrected chi connectivity index (χ1v) is 5.30. The summed E-state index contributed by atoms with van der Waals surface area (Å²) in [4.78, 5) is 4.17. The second-order valence-corrected chi connectivity index (χ2v) is 3.63. The van der Waals surface area contributed by atoms with Crippen LogP contribution in [0.15, 0.2) is 30.3 Å². The van der Waals surface area contributed by atoms with Gasteiger partial charge in [0.05, 0.1) is 19.9 Å². The highest BCUT2D eigenvalue weighted by Crippen LogP contribution is 2.31. The fourth-order valence-corrected chi connectivity index (χ4v) is 1.67. The van der Waals surface area contributed by atoms with E-state index in [-0.39, 0.29) is 11.6 Å². The van der Waals surface area contributed by atoms with Gasteiger partial charge in [-0.1, -0.05) is 0 Å². The summed E-state index contributed by atoms with van der Waals surface area (Å²) in [5.41, 5.74) is 6.81. The van der Waals surface area contributed by atoms with Crippen LogP contribution in [-0.4, -0.2) is 19.2 Å². The van der Waals surface area contributed by atoms with Gasteiger partial charge in [0.2, 0.25) is 0 Å². The van der Waals surface area contributed by atoms with Gasteiger partial charge >= 0.3 is 0 Å². The van der Waals surface area contributed by atoms with Gasteiger partial charge in [-0.15, -0.1) is 0 Å². The number of methoxy groups -OCH3 is 2. The molecule has 0 amide bonds. The standard InChI is InChI=1S/C13H13FN2O2/c1-17-11-5-3-8(14)7-9(11)10-4-6-12(18-2)13(15)16-10/h3-7H,1-2H3,(H2,15,16). The summed E-state index contributed by atoms with van der Waals surface area (Å²) in [7, 11) is 3.03. The molecule has 0 unspecified atom stereocenters. The molecule has 0 atom stereocenters. The number of hydrogen-bond acceptors (Lipinski definition) is 4. The highest BCUT2D eigenvalue weighted by Gasteiger charge is 2.10. The summed E-state index contributed by atoms with van der Waals surface area (Å²) in [5.74, 6) is 0.908. The maximum Gasteiger partial charge on any atom is 0.166 e. The molecule has 0 spiro atoms. The van der Waals surface area contributed by atoms with Crippen LogP contribution in [0.25, 0.3) is 11.3 Å². The smallest absolute Gasteiger partial charge is 0.166 e. The average Bonchev–Trinajstić information content (AvgIpc) is 2.38. The van der Waals surface area contributed by atoms with Crippen molar-refractivity contribution in [2.45, 2.75) is 0 Å². The highest BCUT2D eigenvalue weighted by atomic mass is 19.1. The van der Waals surface area contributed by atoms with Crippen molar-refractivity contribution in [1.29, 1.82) is 0 Å². The van der Waals surface area contributed by atoms with Crippen LogP contribution in [0, 0.1) is 5.82 Å². The van der Waals surface area contributed by atoms with E-state index in [1.165, 1.54) is 26.4 Å². The van der Waals surface area contributed by atoms with Gasteiger partial charge in [-0.25, -0.2) is 9.37 Å². The minimum atomic E-state index is -0.359. The number of aromatic nitrogens is 1. The zero-order valence-corrected chi connectivity index (χ0v) is 10.1. The molecule has 94 valence electrons. The van der Waals surface area contributed by atoms with Crippen molar-refractivity contribution >= 4 is 5.82 Å². The number of nitrogens with zero attached hydrogens (tertiary/aromatic N) is 1. The van der Waals surface area contributed by atoms with Crippen LogP contribution in [0.2, 0.25) is 0 Å². The number of rotatable bonds is 3. The largest absolute Gasteiger partial charge is 0.496 e. The number of halogens is 1. The first-order valence-electron chi connectivity index (χ1n) is 5.30. The third-order valence-electron chi connectivity index (χ3n) is 2.54. The Morgan fingerprint density at radius 1 is 1.06 bits per heavy atom. The minimum Gasteiger partial charge on any atom is -0.496 e. The number of hydrogen-bond donors (Lipinski definition) is 1. The lowest BCUT2D eigenvalue weighted by Gasteiger charge is -2.10. The van der Waals surface area contributed by atoms with Gasteiger partial charge in [-0.3, -0.25) is 0 Å². The molecule has 0 aliphatic carbocycles. The van der Waals surface area contributed by atoms with E-state index in [2.05, 4.69) is 4.98 Å². The lowest BCUT2D eigenvalue weighted by molar-refractivity contribution is 0.414. The molecule has 1 heterocycles. The Labute approximate surface area is 104 Å². The van der Waals surface area contributed by atoms with E-state index in [1.807, 2.05) is 0 Å². The molecular weight excluding hydrogens is 235 g/mol. The number of anilines is 1. The Hall–Kier alpha value is -2.30. The fraction of sp³-hybridized carbons (Fsp3) is 0.154. The number of ether oxygens (including phenoxy) is 2. The maximum atomic E-state index is 13.3. The van der Waals surface area contributed by atoms with Crippen LogP contribution in [-0.2, 0) is 0 Å². The number of pyridine rings is 1. The molecule has 0 bridgehead atoms. The first kappa shape index (κ1) is 12.2. The molecule has 2 aromatic rings. The first-order chi connectivity index (χ1) is 8.65. The second kappa shape index (κ2) is 4.91. The predicted octanol–water partition coefficient (Wildman–Crippen LogP) is 2.49. The lowest BCUT2D eigenvalue weighted by Crippen LogP contribution is -1.98. The molecule has 1 aromatic heterocycles. The molecule has 4 nitrogen and oxygen atoms in total. The number of benzene rings is 1. The van der Waals surface area contributed by atoms with E-state index in [4.69, 9.17) is 15.2 Å². The Balaban J connectivity index is 2.54. The van der Waals surface area contributed by atoms with Gasteiger partial charge in [0, 0.05) is 5.56 Å². The normalized spacial score (nSPS) is 10.2. The summed E-state index contributed by atoms with van der Waals surface area (Å²) < 4.78 is 23.5. The fourth-order valence-electron chi connectivity index (χ4n) is 1.67. The van der Waals surface area contributed by atoms with Gasteiger partial charge in [-0.2, -0.15) is 0 Å². The van der Waals surface area contributed by atoms with Crippen LogP contribution in [0.4, 0.5) is 10.2 Å². The Morgan fingerprint density at radius 3 is 2.33 bits per heavy atom. The summed E-state index contributed by atoms with van der Waals surface area (Å²) in [6.07, 6.45) is 0. The molecule has 0 fully saturated rings. The lowest BCUT2D eigenvalue weighted by atomic mass is 10.1. The van der Waals surface area contributed by atoms with Gasteiger partial charge in [0.15, 0.2) is 11.6 Å². The molecule has 0 aliphatic heterocycles. The molecule has 0 saturated carbocycles. The minimum absolute atomic E-state index is 0.251. The van der Waals surface area contributed by atoms with Crippen LogP contribution in [0.3, 0.4) is 0 Å². The SMILES string of the molecule is COc1ccc(F)cc1-c1ccc(OC)c(N)n1. The maximum absolute atomic E-state index is 13.3. The monoisotopic (exact) mass is 248 g/mol. The summed E-state index contributed by atoms with van der Waals surface area (Å²) in [6, 6.07) is 7.61. The van der Waals surface area contributed by atoms with E-state index < -0.39 is 0 Å². The van der Waals surface area contributed by atoms with Crippen LogP contribution in [0.1, 0.15) is 0 Å². The molecule has 5 heteroatoms. The third kappa shape index (κ3) is 2.20. The van der Waals surface area contributed by atoms with E-state index >= 15 is 0 Å². The van der Waals surface area contributed by atoms with Crippen LogP contribution >= 0.6 is 0 Å². The molecule has 1 aromatic carbocycles. The van der Waals surface area contributed by atoms with Crippen LogP contribution < -0.4 is 15.2 Å². The second-order valence-electron chi connectivity index (χ2n) is 3.63. The van der Waals surface area contributed by atoms with Crippen molar-refractivity contribution in [3.63, 3.8) is 0 Å². The predicted molar refractivity (Wildman–Crippen MR) is 67.1 cm³/mol. The van der Waals surface area contributed by atoms with E-state index in [1.54, 1.807) is 18.2 Å². The Bertz CT molecular complexity index is 573. The summed E-state index contributed by atoms with van der Waals surface area (Å²) in [5, 5.41) is 0. The quantitative estimate of drug-likeness (QED) is 0.906. The van der Waals surface area contributed by atoms with Gasteiger partial charge in [-0.05, 0) is 30.3 Å². The van der Waals surface area contributed by atoms with Crippen molar-refractivity contribution in [2.75, 3.05) is 20.0 Å². The molecule has 0 radical (unpaired) electrons. The Morgan fingerprint density at radius 2 is 1.72 bits per heavy atom. The van der Waals surface area contributed by atoms with Crippen molar-refractivity contribution in [2.24, 2.45) is 0 Å². The molecular formula is C13H13FN2O2. The molecule has 0 saturated heterocycles. The van der Waals surface area contributed by atoms with E-state index in [0.29, 0.717) is 22.8 Å². The van der Waals surface area contributed by atoms with E-state index in [9.17, 15) is 4.39 Å². The Kier molecular flexibility index (Phi) is 3.32. The van der Waals surface area contributed by atoms with Crippen molar-refractivity contribution in [3.8, 4) is 22.8 Å². The average molecular weight is 248 g/mol. The highest BCUT2D eigenvalue weighted by molar-refractivity contribution is 5.69. The topological polar surface area (TPSA) is 57.4 Å². The molecule has 0 aliphatic rings.